The summed E-state index contributed by atoms with van der Waals surface area (Å²) in [4.78, 5) is 21.2. The third-order valence-corrected chi connectivity index (χ3v) is 4.90. The Labute approximate surface area is 179 Å². The molecule has 0 aliphatic carbocycles. The largest absolute Gasteiger partial charge is 0.348 e. The zero-order valence-corrected chi connectivity index (χ0v) is 16.8. The quantitative estimate of drug-likeness (QED) is 0.439. The van der Waals surface area contributed by atoms with Crippen LogP contribution in [-0.2, 0) is 6.54 Å². The van der Waals surface area contributed by atoms with E-state index in [2.05, 4.69) is 20.6 Å². The topological polar surface area (TPSA) is 66.9 Å². The van der Waals surface area contributed by atoms with Crippen molar-refractivity contribution in [2.24, 2.45) is 0 Å². The number of benzene rings is 3. The van der Waals surface area contributed by atoms with Crippen molar-refractivity contribution in [3.63, 3.8) is 0 Å². The minimum Gasteiger partial charge on any atom is -0.348 e. The monoisotopic (exact) mass is 414 g/mol. The summed E-state index contributed by atoms with van der Waals surface area (Å²) in [5, 5.41) is 6.77. The second-order valence-corrected chi connectivity index (χ2v) is 7.04. The van der Waals surface area contributed by atoms with Crippen molar-refractivity contribution in [2.45, 2.75) is 6.54 Å². The van der Waals surface area contributed by atoms with E-state index >= 15 is 0 Å². The molecular formula is C24H19ClN4O. The molecule has 4 rings (SSSR count). The van der Waals surface area contributed by atoms with Crippen LogP contribution < -0.4 is 10.6 Å². The fourth-order valence-corrected chi connectivity index (χ4v) is 3.20. The maximum Gasteiger partial charge on any atom is 0.251 e. The number of nitrogens with zero attached hydrogens (tertiary/aromatic N) is 2. The second kappa shape index (κ2) is 9.20. The Kier molecular flexibility index (Phi) is 6.01. The Morgan fingerprint density at radius 3 is 2.50 bits per heavy atom. The van der Waals surface area contributed by atoms with E-state index in [1.807, 2.05) is 66.7 Å². The van der Waals surface area contributed by atoms with Gasteiger partial charge in [0.15, 0.2) is 0 Å². The first kappa shape index (κ1) is 19.6. The van der Waals surface area contributed by atoms with Crippen molar-refractivity contribution in [3.05, 3.63) is 107 Å². The molecule has 0 atom stereocenters. The zero-order valence-electron chi connectivity index (χ0n) is 16.0. The zero-order chi connectivity index (χ0) is 20.8. The van der Waals surface area contributed by atoms with Gasteiger partial charge in [0, 0.05) is 34.4 Å². The minimum absolute atomic E-state index is 0.175. The van der Waals surface area contributed by atoms with Gasteiger partial charge in [0.2, 0.25) is 0 Å². The molecule has 0 spiro atoms. The molecule has 0 fully saturated rings. The molecule has 0 aliphatic rings. The van der Waals surface area contributed by atoms with Gasteiger partial charge in [-0.15, -0.1) is 0 Å². The number of carbonyl (C=O) groups is 1. The van der Waals surface area contributed by atoms with Crippen LogP contribution in [0.15, 0.2) is 91.3 Å². The van der Waals surface area contributed by atoms with Crippen LogP contribution in [-0.4, -0.2) is 15.9 Å². The van der Waals surface area contributed by atoms with Crippen LogP contribution >= 0.6 is 11.6 Å². The lowest BCUT2D eigenvalue weighted by Crippen LogP contribution is -2.22. The molecule has 6 heteroatoms. The van der Waals surface area contributed by atoms with E-state index in [9.17, 15) is 4.79 Å². The van der Waals surface area contributed by atoms with Gasteiger partial charge in [-0.1, -0.05) is 66.2 Å². The van der Waals surface area contributed by atoms with Crippen molar-refractivity contribution in [1.29, 1.82) is 0 Å². The van der Waals surface area contributed by atoms with Crippen LogP contribution in [0.3, 0.4) is 0 Å². The summed E-state index contributed by atoms with van der Waals surface area (Å²) in [5.41, 5.74) is 4.01. The first-order valence-corrected chi connectivity index (χ1v) is 9.83. The van der Waals surface area contributed by atoms with Crippen LogP contribution in [0, 0.1) is 0 Å². The predicted octanol–water partition coefficient (Wildman–Crippen LogP) is 5.47. The van der Waals surface area contributed by atoms with Gasteiger partial charge in [-0.25, -0.2) is 9.97 Å². The van der Waals surface area contributed by atoms with Gasteiger partial charge in [0.25, 0.3) is 5.91 Å². The van der Waals surface area contributed by atoms with Crippen molar-refractivity contribution in [2.75, 3.05) is 5.32 Å². The van der Waals surface area contributed by atoms with Crippen LogP contribution in [0.5, 0.6) is 0 Å². The van der Waals surface area contributed by atoms with E-state index in [0.717, 1.165) is 22.5 Å². The summed E-state index contributed by atoms with van der Waals surface area (Å²) < 4.78 is 0. The van der Waals surface area contributed by atoms with Gasteiger partial charge in [0.1, 0.15) is 12.1 Å². The predicted molar refractivity (Wildman–Crippen MR) is 120 cm³/mol. The Bertz CT molecular complexity index is 1160. The lowest BCUT2D eigenvalue weighted by atomic mass is 10.1. The highest BCUT2D eigenvalue weighted by Gasteiger charge is 2.08. The molecule has 148 valence electrons. The number of carbonyl (C=O) groups excluding carboxylic acids is 1. The highest BCUT2D eigenvalue weighted by atomic mass is 35.5. The number of anilines is 2. The van der Waals surface area contributed by atoms with Crippen molar-refractivity contribution < 1.29 is 4.79 Å². The smallest absolute Gasteiger partial charge is 0.251 e. The Morgan fingerprint density at radius 1 is 0.867 bits per heavy atom. The number of nitrogens with one attached hydrogen (secondary N) is 2. The lowest BCUT2D eigenvalue weighted by Gasteiger charge is -2.10. The Hall–Kier alpha value is -3.70. The van der Waals surface area contributed by atoms with Gasteiger partial charge in [0.05, 0.1) is 5.69 Å². The molecule has 0 unspecified atom stereocenters. The van der Waals surface area contributed by atoms with Gasteiger partial charge in [-0.05, 0) is 29.8 Å². The van der Waals surface area contributed by atoms with Crippen molar-refractivity contribution in [1.82, 2.24) is 15.3 Å². The van der Waals surface area contributed by atoms with E-state index in [0.29, 0.717) is 22.9 Å². The molecule has 5 nitrogen and oxygen atoms in total. The molecule has 30 heavy (non-hydrogen) atoms. The van der Waals surface area contributed by atoms with Crippen LogP contribution in [0.25, 0.3) is 11.3 Å². The molecule has 1 heterocycles. The van der Waals surface area contributed by atoms with Gasteiger partial charge >= 0.3 is 0 Å². The average Bonchev–Trinajstić information content (AvgIpc) is 2.79. The summed E-state index contributed by atoms with van der Waals surface area (Å²) in [7, 11) is 0. The number of hydrogen-bond acceptors (Lipinski definition) is 4. The summed E-state index contributed by atoms with van der Waals surface area (Å²) in [5.74, 6) is 0.476. The second-order valence-electron chi connectivity index (χ2n) is 6.63. The third kappa shape index (κ3) is 4.82. The minimum atomic E-state index is -0.175. The van der Waals surface area contributed by atoms with Gasteiger partial charge in [-0.2, -0.15) is 0 Å². The average molecular weight is 415 g/mol. The third-order valence-electron chi connectivity index (χ3n) is 4.53. The fourth-order valence-electron chi connectivity index (χ4n) is 3.00. The van der Waals surface area contributed by atoms with Gasteiger partial charge < -0.3 is 10.6 Å². The van der Waals surface area contributed by atoms with Crippen LogP contribution in [0.1, 0.15) is 15.9 Å². The van der Waals surface area contributed by atoms with E-state index in [4.69, 9.17) is 11.6 Å². The molecule has 0 aliphatic heterocycles. The summed E-state index contributed by atoms with van der Waals surface area (Å²) in [6, 6.07) is 26.5. The van der Waals surface area contributed by atoms with Crippen molar-refractivity contribution in [3.8, 4) is 11.3 Å². The van der Waals surface area contributed by atoms with Crippen LogP contribution in [0.4, 0.5) is 11.5 Å². The molecule has 0 saturated carbocycles. The molecule has 4 aromatic rings. The number of rotatable bonds is 6. The maximum absolute atomic E-state index is 12.6. The van der Waals surface area contributed by atoms with E-state index in [-0.39, 0.29) is 5.91 Å². The Morgan fingerprint density at radius 2 is 1.67 bits per heavy atom. The van der Waals surface area contributed by atoms with Crippen LogP contribution in [0.2, 0.25) is 5.02 Å². The number of amides is 1. The first-order valence-electron chi connectivity index (χ1n) is 9.45. The molecule has 0 bridgehead atoms. The van der Waals surface area contributed by atoms with E-state index in [1.54, 1.807) is 18.2 Å². The SMILES string of the molecule is O=C(NCc1ccccc1Cl)c1cccc(Nc2cc(-c3ccccc3)ncn2)c1. The number of hydrogen-bond donors (Lipinski definition) is 2. The number of aromatic nitrogens is 2. The molecule has 3 aromatic carbocycles. The van der Waals surface area contributed by atoms with Crippen molar-refractivity contribution >= 4 is 29.0 Å². The molecule has 0 saturated heterocycles. The highest BCUT2D eigenvalue weighted by molar-refractivity contribution is 6.31. The Balaban J connectivity index is 1.46. The standard InChI is InChI=1S/C24H19ClN4O/c25-21-12-5-4-9-19(21)15-26-24(30)18-10-6-11-20(13-18)29-23-14-22(27-16-28-23)17-7-2-1-3-8-17/h1-14,16H,15H2,(H,26,30)(H,27,28,29). The summed E-state index contributed by atoms with van der Waals surface area (Å²) in [6.45, 7) is 0.364. The summed E-state index contributed by atoms with van der Waals surface area (Å²) >= 11 is 6.15. The van der Waals surface area contributed by atoms with Gasteiger partial charge in [-0.3, -0.25) is 4.79 Å². The molecule has 1 aromatic heterocycles. The van der Waals surface area contributed by atoms with E-state index < -0.39 is 0 Å². The summed E-state index contributed by atoms with van der Waals surface area (Å²) in [6.07, 6.45) is 1.52. The highest BCUT2D eigenvalue weighted by Crippen LogP contribution is 2.21. The maximum atomic E-state index is 12.6. The van der Waals surface area contributed by atoms with E-state index in [1.165, 1.54) is 6.33 Å². The molecule has 2 N–H and O–H groups in total. The lowest BCUT2D eigenvalue weighted by molar-refractivity contribution is 0.0951. The fraction of sp³-hybridized carbons (Fsp3) is 0.0417. The number of halogens is 1. The molecular weight excluding hydrogens is 396 g/mol. The molecule has 1 amide bonds. The normalized spacial score (nSPS) is 10.4. The first-order chi connectivity index (χ1) is 14.7. The molecule has 0 radical (unpaired) electrons.